The number of carbonyl (C=O) groups is 1. The molecule has 1 aliphatic rings. The average Bonchev–Trinajstić information content (AvgIpc) is 2.39. The molecule has 1 N–H and O–H groups in total. The standard InChI is InChI=1S/C16H24N2O2/c1-16(2,15(19)20)12-13-5-4-6-14(11-13)18-9-7-17(3)8-10-18/h4-6,11H,7-10,12H2,1-3H3,(H,19,20). The Morgan fingerprint density at radius 3 is 2.50 bits per heavy atom. The van der Waals surface area contributed by atoms with Gasteiger partial charge in [0.1, 0.15) is 0 Å². The molecule has 20 heavy (non-hydrogen) atoms. The lowest BCUT2D eigenvalue weighted by Gasteiger charge is -2.34. The molecule has 2 rings (SSSR count). The van der Waals surface area contributed by atoms with Crippen LogP contribution in [0.15, 0.2) is 24.3 Å². The Bertz CT molecular complexity index is 477. The van der Waals surface area contributed by atoms with Crippen molar-refractivity contribution in [2.24, 2.45) is 5.41 Å². The van der Waals surface area contributed by atoms with Crippen molar-refractivity contribution in [3.63, 3.8) is 0 Å². The molecule has 0 spiro atoms. The molecule has 4 nitrogen and oxygen atoms in total. The minimum absolute atomic E-state index is 0.559. The van der Waals surface area contributed by atoms with Gasteiger partial charge < -0.3 is 14.9 Å². The van der Waals surface area contributed by atoms with Crippen molar-refractivity contribution in [1.29, 1.82) is 0 Å². The third-order valence-electron chi connectivity index (χ3n) is 4.00. The van der Waals surface area contributed by atoms with Gasteiger partial charge in [-0.1, -0.05) is 12.1 Å². The number of rotatable bonds is 4. The minimum atomic E-state index is -0.748. The Morgan fingerprint density at radius 1 is 1.25 bits per heavy atom. The fraction of sp³-hybridized carbons (Fsp3) is 0.562. The number of carboxylic acid groups (broad SMARTS) is 1. The topological polar surface area (TPSA) is 43.8 Å². The number of hydrogen-bond acceptors (Lipinski definition) is 3. The largest absolute Gasteiger partial charge is 0.481 e. The van der Waals surface area contributed by atoms with E-state index in [0.29, 0.717) is 6.42 Å². The van der Waals surface area contributed by atoms with E-state index >= 15 is 0 Å². The molecule has 0 radical (unpaired) electrons. The van der Waals surface area contributed by atoms with Gasteiger partial charge in [-0.25, -0.2) is 0 Å². The summed E-state index contributed by atoms with van der Waals surface area (Å²) in [6.45, 7) is 7.76. The van der Waals surface area contributed by atoms with Gasteiger partial charge in [0.15, 0.2) is 0 Å². The first-order valence-electron chi connectivity index (χ1n) is 7.14. The smallest absolute Gasteiger partial charge is 0.309 e. The zero-order valence-electron chi connectivity index (χ0n) is 12.6. The second-order valence-corrected chi connectivity index (χ2v) is 6.33. The molecular weight excluding hydrogens is 252 g/mol. The molecule has 0 amide bonds. The molecule has 1 aromatic rings. The monoisotopic (exact) mass is 276 g/mol. The first kappa shape index (κ1) is 14.9. The van der Waals surface area contributed by atoms with Gasteiger partial charge in [-0.15, -0.1) is 0 Å². The first-order chi connectivity index (χ1) is 9.38. The summed E-state index contributed by atoms with van der Waals surface area (Å²) in [6.07, 6.45) is 0.559. The molecule has 1 aromatic carbocycles. The van der Waals surface area contributed by atoms with Crippen LogP contribution in [0.5, 0.6) is 0 Å². The van der Waals surface area contributed by atoms with E-state index in [9.17, 15) is 9.90 Å². The van der Waals surface area contributed by atoms with Gasteiger partial charge >= 0.3 is 5.97 Å². The highest BCUT2D eigenvalue weighted by atomic mass is 16.4. The Morgan fingerprint density at radius 2 is 1.90 bits per heavy atom. The lowest BCUT2D eigenvalue weighted by molar-refractivity contribution is -0.146. The Balaban J connectivity index is 2.10. The fourth-order valence-corrected chi connectivity index (χ4v) is 2.51. The normalized spacial score (nSPS) is 17.2. The predicted octanol–water partition coefficient (Wildman–Crippen LogP) is 2.09. The van der Waals surface area contributed by atoms with E-state index in [-0.39, 0.29) is 0 Å². The van der Waals surface area contributed by atoms with Crippen molar-refractivity contribution in [3.05, 3.63) is 29.8 Å². The molecule has 1 fully saturated rings. The molecule has 1 saturated heterocycles. The van der Waals surface area contributed by atoms with E-state index in [0.717, 1.165) is 31.7 Å². The molecule has 0 aromatic heterocycles. The van der Waals surface area contributed by atoms with Crippen LogP contribution in [0.3, 0.4) is 0 Å². The lowest BCUT2D eigenvalue weighted by atomic mass is 9.86. The molecule has 110 valence electrons. The van der Waals surface area contributed by atoms with Crippen molar-refractivity contribution >= 4 is 11.7 Å². The zero-order chi connectivity index (χ0) is 14.8. The zero-order valence-corrected chi connectivity index (χ0v) is 12.6. The SMILES string of the molecule is CN1CCN(c2cccc(CC(C)(C)C(=O)O)c2)CC1. The molecule has 1 aliphatic heterocycles. The predicted molar refractivity (Wildman–Crippen MR) is 81.3 cm³/mol. The van der Waals surface area contributed by atoms with Gasteiger partial charge in [-0.3, -0.25) is 4.79 Å². The summed E-state index contributed by atoms with van der Waals surface area (Å²) in [6, 6.07) is 8.30. The van der Waals surface area contributed by atoms with Gasteiger partial charge in [-0.05, 0) is 45.0 Å². The van der Waals surface area contributed by atoms with E-state index in [2.05, 4.69) is 29.0 Å². The van der Waals surface area contributed by atoms with Gasteiger partial charge in [0.25, 0.3) is 0 Å². The maximum absolute atomic E-state index is 11.2. The summed E-state index contributed by atoms with van der Waals surface area (Å²) < 4.78 is 0. The van der Waals surface area contributed by atoms with E-state index in [1.165, 1.54) is 5.69 Å². The molecule has 0 bridgehead atoms. The number of nitrogens with zero attached hydrogens (tertiary/aromatic N) is 2. The van der Waals surface area contributed by atoms with Crippen molar-refractivity contribution in [2.75, 3.05) is 38.1 Å². The second kappa shape index (κ2) is 5.83. The summed E-state index contributed by atoms with van der Waals surface area (Å²) in [7, 11) is 2.14. The van der Waals surface area contributed by atoms with Crippen LogP contribution < -0.4 is 4.90 Å². The van der Waals surface area contributed by atoms with E-state index in [1.54, 1.807) is 13.8 Å². The number of piperazine rings is 1. The van der Waals surface area contributed by atoms with Crippen LogP contribution in [0.4, 0.5) is 5.69 Å². The highest BCUT2D eigenvalue weighted by Crippen LogP contribution is 2.25. The van der Waals surface area contributed by atoms with Crippen LogP contribution in [0.1, 0.15) is 19.4 Å². The van der Waals surface area contributed by atoms with E-state index in [4.69, 9.17) is 0 Å². The number of aliphatic carboxylic acids is 1. The number of likely N-dealkylation sites (N-methyl/N-ethyl adjacent to an activating group) is 1. The molecule has 4 heteroatoms. The highest BCUT2D eigenvalue weighted by molar-refractivity contribution is 5.74. The molecule has 1 heterocycles. The maximum Gasteiger partial charge on any atom is 0.309 e. The van der Waals surface area contributed by atoms with Crippen LogP contribution in [-0.2, 0) is 11.2 Å². The van der Waals surface area contributed by atoms with Gasteiger partial charge in [-0.2, -0.15) is 0 Å². The van der Waals surface area contributed by atoms with Crippen LogP contribution in [-0.4, -0.2) is 49.2 Å². The number of benzene rings is 1. The third-order valence-corrected chi connectivity index (χ3v) is 4.00. The van der Waals surface area contributed by atoms with Crippen molar-refractivity contribution in [2.45, 2.75) is 20.3 Å². The van der Waals surface area contributed by atoms with Crippen LogP contribution in [0.2, 0.25) is 0 Å². The number of carboxylic acids is 1. The quantitative estimate of drug-likeness (QED) is 0.914. The lowest BCUT2D eigenvalue weighted by Crippen LogP contribution is -2.44. The molecular formula is C16H24N2O2. The Kier molecular flexibility index (Phi) is 4.33. The molecule has 0 atom stereocenters. The average molecular weight is 276 g/mol. The van der Waals surface area contributed by atoms with Crippen LogP contribution in [0, 0.1) is 5.41 Å². The van der Waals surface area contributed by atoms with Gasteiger partial charge in [0.05, 0.1) is 5.41 Å². The minimum Gasteiger partial charge on any atom is -0.481 e. The summed E-state index contributed by atoms with van der Waals surface area (Å²) >= 11 is 0. The summed E-state index contributed by atoms with van der Waals surface area (Å²) in [5, 5.41) is 9.23. The van der Waals surface area contributed by atoms with Gasteiger partial charge in [0.2, 0.25) is 0 Å². The Hall–Kier alpha value is -1.55. The first-order valence-corrected chi connectivity index (χ1v) is 7.14. The van der Waals surface area contributed by atoms with E-state index < -0.39 is 11.4 Å². The summed E-state index contributed by atoms with van der Waals surface area (Å²) in [4.78, 5) is 15.9. The fourth-order valence-electron chi connectivity index (χ4n) is 2.51. The highest BCUT2D eigenvalue weighted by Gasteiger charge is 2.27. The Labute approximate surface area is 121 Å². The van der Waals surface area contributed by atoms with Crippen molar-refractivity contribution in [3.8, 4) is 0 Å². The second-order valence-electron chi connectivity index (χ2n) is 6.33. The van der Waals surface area contributed by atoms with Crippen LogP contribution >= 0.6 is 0 Å². The number of hydrogen-bond donors (Lipinski definition) is 1. The summed E-state index contributed by atoms with van der Waals surface area (Å²) in [5.41, 5.74) is 1.58. The maximum atomic E-state index is 11.2. The number of anilines is 1. The molecule has 0 saturated carbocycles. The van der Waals surface area contributed by atoms with Gasteiger partial charge in [0, 0.05) is 31.9 Å². The van der Waals surface area contributed by atoms with Crippen molar-refractivity contribution in [1.82, 2.24) is 4.90 Å². The van der Waals surface area contributed by atoms with Crippen molar-refractivity contribution < 1.29 is 9.90 Å². The molecule has 0 unspecified atom stereocenters. The van der Waals surface area contributed by atoms with E-state index in [1.807, 2.05) is 12.1 Å². The van der Waals surface area contributed by atoms with Crippen LogP contribution in [0.25, 0.3) is 0 Å². The summed E-state index contributed by atoms with van der Waals surface area (Å²) in [5.74, 6) is -0.748. The third kappa shape index (κ3) is 3.51. The molecule has 0 aliphatic carbocycles.